The lowest BCUT2D eigenvalue weighted by Gasteiger charge is -2.21. The molecule has 1 aromatic carbocycles. The predicted octanol–water partition coefficient (Wildman–Crippen LogP) is 4.17. The van der Waals surface area contributed by atoms with Crippen LogP contribution in [0.15, 0.2) is 30.3 Å². The Hall–Kier alpha value is -0.533. The molecule has 2 heteroatoms. The van der Waals surface area contributed by atoms with E-state index in [4.69, 9.17) is 11.1 Å². The summed E-state index contributed by atoms with van der Waals surface area (Å²) in [5, 5.41) is 0. The van der Waals surface area contributed by atoms with E-state index >= 15 is 0 Å². The van der Waals surface area contributed by atoms with Crippen LogP contribution in [0.3, 0.4) is 0 Å². The van der Waals surface area contributed by atoms with Crippen molar-refractivity contribution < 1.29 is 0 Å². The average molecular weight is 223 g/mol. The van der Waals surface area contributed by atoms with Gasteiger partial charge in [0.2, 0.25) is 0 Å². The summed E-state index contributed by atoms with van der Waals surface area (Å²) in [4.78, 5) is 0. The Kier molecular flexibility index (Phi) is 2.32. The second-order valence-electron chi connectivity index (χ2n) is 4.48. The van der Waals surface area contributed by atoms with Crippen LogP contribution in [0.25, 0.3) is 5.57 Å². The molecular formula is C12H15ClSi. The number of halogens is 1. The lowest BCUT2D eigenvalue weighted by Crippen LogP contribution is -2.25. The van der Waals surface area contributed by atoms with Gasteiger partial charge in [0, 0.05) is 5.54 Å². The Morgan fingerprint density at radius 1 is 1.21 bits per heavy atom. The van der Waals surface area contributed by atoms with Gasteiger partial charge in [-0.25, -0.2) is 0 Å². The molecule has 0 N–H and O–H groups in total. The van der Waals surface area contributed by atoms with Crippen molar-refractivity contribution in [3.05, 3.63) is 41.5 Å². The maximum absolute atomic E-state index is 6.53. The van der Waals surface area contributed by atoms with Crippen molar-refractivity contribution in [2.24, 2.45) is 0 Å². The molecule has 1 aliphatic carbocycles. The summed E-state index contributed by atoms with van der Waals surface area (Å²) in [7, 11) is -1.62. The van der Waals surface area contributed by atoms with Gasteiger partial charge in [0.15, 0.2) is 7.38 Å². The van der Waals surface area contributed by atoms with Crippen LogP contribution in [0.1, 0.15) is 23.6 Å². The molecule has 0 aliphatic heterocycles. The van der Waals surface area contributed by atoms with Gasteiger partial charge in [-0.2, -0.15) is 11.1 Å². The minimum absolute atomic E-state index is 0.486. The fourth-order valence-corrected chi connectivity index (χ4v) is 4.30. The van der Waals surface area contributed by atoms with Crippen LogP contribution in [0.4, 0.5) is 0 Å². The summed E-state index contributed by atoms with van der Waals surface area (Å²) in [6.07, 6.45) is 2.34. The van der Waals surface area contributed by atoms with E-state index < -0.39 is 7.38 Å². The molecule has 0 bridgehead atoms. The Morgan fingerprint density at radius 2 is 1.86 bits per heavy atom. The smallest absolute Gasteiger partial charge is 0.161 e. The molecule has 74 valence electrons. The van der Waals surface area contributed by atoms with Gasteiger partial charge in [0.1, 0.15) is 0 Å². The first kappa shape index (κ1) is 10.0. The van der Waals surface area contributed by atoms with Crippen molar-refractivity contribution in [3.63, 3.8) is 0 Å². The second-order valence-corrected chi connectivity index (χ2v) is 11.2. The van der Waals surface area contributed by atoms with Crippen molar-refractivity contribution in [2.75, 3.05) is 0 Å². The van der Waals surface area contributed by atoms with E-state index in [0.29, 0.717) is 5.54 Å². The van der Waals surface area contributed by atoms with Crippen molar-refractivity contribution in [1.29, 1.82) is 0 Å². The number of hydrogen-bond acceptors (Lipinski definition) is 0. The molecule has 0 saturated heterocycles. The van der Waals surface area contributed by atoms with Crippen LogP contribution in [-0.4, -0.2) is 7.38 Å². The zero-order chi connectivity index (χ0) is 10.3. The molecule has 1 atom stereocenters. The SMILES string of the molecule is CC1=CC([Si](C)(C)Cl)c2ccccc21. The summed E-state index contributed by atoms with van der Waals surface area (Å²) >= 11 is 6.53. The highest BCUT2D eigenvalue weighted by Crippen LogP contribution is 2.41. The third-order valence-corrected chi connectivity index (χ3v) is 5.54. The molecule has 1 aliphatic rings. The molecule has 0 nitrogen and oxygen atoms in total. The van der Waals surface area contributed by atoms with Gasteiger partial charge in [-0.3, -0.25) is 0 Å². The Morgan fingerprint density at radius 3 is 2.50 bits per heavy atom. The maximum Gasteiger partial charge on any atom is 0.161 e. The van der Waals surface area contributed by atoms with E-state index in [1.807, 2.05) is 0 Å². The number of hydrogen-bond donors (Lipinski definition) is 0. The third-order valence-electron chi connectivity index (χ3n) is 2.88. The topological polar surface area (TPSA) is 0 Å². The van der Waals surface area contributed by atoms with Crippen LogP contribution >= 0.6 is 11.1 Å². The number of rotatable bonds is 1. The lowest BCUT2D eigenvalue weighted by atomic mass is 10.1. The van der Waals surface area contributed by atoms with Gasteiger partial charge in [-0.1, -0.05) is 43.4 Å². The lowest BCUT2D eigenvalue weighted by molar-refractivity contribution is 1.19. The first-order valence-corrected chi connectivity index (χ1v) is 9.05. The zero-order valence-corrected chi connectivity index (χ0v) is 10.6. The molecule has 0 saturated carbocycles. The molecule has 1 aromatic rings. The average Bonchev–Trinajstić information content (AvgIpc) is 2.44. The molecular weight excluding hydrogens is 208 g/mol. The molecule has 14 heavy (non-hydrogen) atoms. The van der Waals surface area contributed by atoms with Crippen LogP contribution < -0.4 is 0 Å². The zero-order valence-electron chi connectivity index (χ0n) is 8.84. The van der Waals surface area contributed by atoms with Gasteiger partial charge in [0.05, 0.1) is 0 Å². The molecule has 0 fully saturated rings. The quantitative estimate of drug-likeness (QED) is 0.494. The largest absolute Gasteiger partial charge is 0.167 e. The third kappa shape index (κ3) is 1.55. The van der Waals surface area contributed by atoms with Crippen LogP contribution in [-0.2, 0) is 0 Å². The molecule has 0 amide bonds. The standard InChI is InChI=1S/C12H15ClSi/c1-9-8-12(14(2,3)13)11-7-5-4-6-10(9)11/h4-8,12H,1-3H3. The minimum Gasteiger partial charge on any atom is -0.167 e. The second kappa shape index (κ2) is 3.25. The van der Waals surface area contributed by atoms with Crippen molar-refractivity contribution in [1.82, 2.24) is 0 Å². The molecule has 1 unspecified atom stereocenters. The van der Waals surface area contributed by atoms with Gasteiger partial charge in [-0.05, 0) is 23.6 Å². The first-order valence-electron chi connectivity index (χ1n) is 4.97. The summed E-state index contributed by atoms with van der Waals surface area (Å²) < 4.78 is 0. The summed E-state index contributed by atoms with van der Waals surface area (Å²) in [5.41, 5.74) is 4.68. The van der Waals surface area contributed by atoms with E-state index in [-0.39, 0.29) is 0 Å². The van der Waals surface area contributed by atoms with Gasteiger partial charge < -0.3 is 0 Å². The highest BCUT2D eigenvalue weighted by molar-refractivity contribution is 7.20. The summed E-state index contributed by atoms with van der Waals surface area (Å²) in [6, 6.07) is 8.61. The first-order chi connectivity index (χ1) is 6.50. The van der Waals surface area contributed by atoms with Gasteiger partial charge >= 0.3 is 0 Å². The fraction of sp³-hybridized carbons (Fsp3) is 0.333. The Balaban J connectivity index is 2.52. The highest BCUT2D eigenvalue weighted by atomic mass is 35.6. The Labute approximate surface area is 91.3 Å². The molecule has 2 rings (SSSR count). The maximum atomic E-state index is 6.53. The van der Waals surface area contributed by atoms with Crippen LogP contribution in [0.2, 0.25) is 13.1 Å². The van der Waals surface area contributed by atoms with E-state index in [9.17, 15) is 0 Å². The highest BCUT2D eigenvalue weighted by Gasteiger charge is 2.34. The summed E-state index contributed by atoms with van der Waals surface area (Å²) in [5.74, 6) is 0. The number of fused-ring (bicyclic) bond motifs is 1. The van der Waals surface area contributed by atoms with E-state index in [1.54, 1.807) is 0 Å². The van der Waals surface area contributed by atoms with Gasteiger partial charge in [-0.15, -0.1) is 0 Å². The van der Waals surface area contributed by atoms with E-state index in [1.165, 1.54) is 16.7 Å². The van der Waals surface area contributed by atoms with Crippen LogP contribution in [0.5, 0.6) is 0 Å². The van der Waals surface area contributed by atoms with Crippen LogP contribution in [0, 0.1) is 0 Å². The van der Waals surface area contributed by atoms with Gasteiger partial charge in [0.25, 0.3) is 0 Å². The molecule has 0 heterocycles. The monoisotopic (exact) mass is 222 g/mol. The molecule has 0 radical (unpaired) electrons. The van der Waals surface area contributed by atoms with Crippen molar-refractivity contribution in [2.45, 2.75) is 25.6 Å². The minimum atomic E-state index is -1.62. The predicted molar refractivity (Wildman–Crippen MR) is 66.2 cm³/mol. The van der Waals surface area contributed by atoms with E-state index in [2.05, 4.69) is 50.4 Å². The fourth-order valence-electron chi connectivity index (χ4n) is 2.12. The Bertz CT molecular complexity index is 388. The van der Waals surface area contributed by atoms with E-state index in [0.717, 1.165) is 0 Å². The normalized spacial score (nSPS) is 20.6. The molecule has 0 spiro atoms. The summed E-state index contributed by atoms with van der Waals surface area (Å²) in [6.45, 7) is 6.60. The number of allylic oxidation sites excluding steroid dienone is 2. The van der Waals surface area contributed by atoms with Crippen molar-refractivity contribution in [3.8, 4) is 0 Å². The van der Waals surface area contributed by atoms with Crippen molar-refractivity contribution >= 4 is 24.0 Å². The molecule has 0 aromatic heterocycles. The number of benzene rings is 1.